The SMILES string of the molecule is C[C@H](Cc1ccc(Cl)cc1Cl)C(=O)N1CCNC(=O)CC1. The van der Waals surface area contributed by atoms with Crippen LogP contribution in [0.1, 0.15) is 18.9 Å². The van der Waals surface area contributed by atoms with Crippen molar-refractivity contribution in [2.24, 2.45) is 5.92 Å². The first-order valence-corrected chi connectivity index (χ1v) is 7.72. The smallest absolute Gasteiger partial charge is 0.225 e. The highest BCUT2D eigenvalue weighted by Gasteiger charge is 2.23. The van der Waals surface area contributed by atoms with Gasteiger partial charge >= 0.3 is 0 Å². The highest BCUT2D eigenvalue weighted by Crippen LogP contribution is 2.24. The van der Waals surface area contributed by atoms with Crippen LogP contribution in [0.5, 0.6) is 0 Å². The fraction of sp³-hybridized carbons (Fsp3) is 0.467. The van der Waals surface area contributed by atoms with E-state index in [-0.39, 0.29) is 17.7 Å². The number of hydrogen-bond donors (Lipinski definition) is 1. The lowest BCUT2D eigenvalue weighted by Gasteiger charge is -2.23. The highest BCUT2D eigenvalue weighted by molar-refractivity contribution is 6.35. The molecule has 0 unspecified atom stereocenters. The summed E-state index contributed by atoms with van der Waals surface area (Å²) in [6.45, 7) is 3.43. The van der Waals surface area contributed by atoms with Crippen LogP contribution in [0, 0.1) is 5.92 Å². The number of nitrogens with one attached hydrogen (secondary N) is 1. The number of carbonyl (C=O) groups is 2. The molecule has 0 bridgehead atoms. The number of benzene rings is 1. The van der Waals surface area contributed by atoms with Crippen molar-refractivity contribution in [3.05, 3.63) is 33.8 Å². The van der Waals surface area contributed by atoms with Gasteiger partial charge < -0.3 is 10.2 Å². The predicted octanol–water partition coefficient (Wildman–Crippen LogP) is 2.52. The molecule has 0 radical (unpaired) electrons. The monoisotopic (exact) mass is 328 g/mol. The molecule has 1 heterocycles. The van der Waals surface area contributed by atoms with Gasteiger partial charge in [-0.2, -0.15) is 0 Å². The Bertz CT molecular complexity index is 548. The molecule has 1 aliphatic heterocycles. The van der Waals surface area contributed by atoms with Gasteiger partial charge in [0.15, 0.2) is 0 Å². The van der Waals surface area contributed by atoms with E-state index >= 15 is 0 Å². The standard InChI is InChI=1S/C15H18Cl2N2O2/c1-10(8-11-2-3-12(16)9-13(11)17)15(21)19-6-4-14(20)18-5-7-19/h2-3,9-10H,4-8H2,1H3,(H,18,20)/t10-/m1/s1. The number of amides is 2. The van der Waals surface area contributed by atoms with Gasteiger partial charge in [-0.3, -0.25) is 9.59 Å². The molecule has 1 N–H and O–H groups in total. The van der Waals surface area contributed by atoms with E-state index in [4.69, 9.17) is 23.2 Å². The number of carbonyl (C=O) groups excluding carboxylic acids is 2. The van der Waals surface area contributed by atoms with Gasteiger partial charge in [-0.25, -0.2) is 0 Å². The van der Waals surface area contributed by atoms with Crippen LogP contribution in [-0.4, -0.2) is 36.3 Å². The molecule has 0 spiro atoms. The lowest BCUT2D eigenvalue weighted by molar-refractivity contribution is -0.134. The van der Waals surface area contributed by atoms with Gasteiger partial charge in [-0.15, -0.1) is 0 Å². The molecule has 0 saturated carbocycles. The molecule has 1 aliphatic rings. The normalized spacial score (nSPS) is 17.1. The minimum Gasteiger partial charge on any atom is -0.354 e. The highest BCUT2D eigenvalue weighted by atomic mass is 35.5. The molecular formula is C15H18Cl2N2O2. The van der Waals surface area contributed by atoms with E-state index < -0.39 is 0 Å². The summed E-state index contributed by atoms with van der Waals surface area (Å²) < 4.78 is 0. The molecule has 4 nitrogen and oxygen atoms in total. The first-order chi connectivity index (χ1) is 9.97. The van der Waals surface area contributed by atoms with Gasteiger partial charge in [-0.1, -0.05) is 36.2 Å². The van der Waals surface area contributed by atoms with Crippen molar-refractivity contribution in [1.82, 2.24) is 10.2 Å². The van der Waals surface area contributed by atoms with Crippen molar-refractivity contribution in [2.75, 3.05) is 19.6 Å². The first kappa shape index (κ1) is 16.1. The maximum Gasteiger partial charge on any atom is 0.225 e. The molecule has 6 heteroatoms. The zero-order valence-electron chi connectivity index (χ0n) is 11.9. The maximum absolute atomic E-state index is 12.5. The van der Waals surface area contributed by atoms with Gasteiger partial charge in [0, 0.05) is 42.0 Å². The third-order valence-electron chi connectivity index (χ3n) is 3.59. The average molecular weight is 329 g/mol. The third kappa shape index (κ3) is 4.35. The Morgan fingerprint density at radius 3 is 2.86 bits per heavy atom. The first-order valence-electron chi connectivity index (χ1n) is 6.97. The Hall–Kier alpha value is -1.26. The fourth-order valence-corrected chi connectivity index (χ4v) is 2.89. The van der Waals surface area contributed by atoms with Crippen LogP contribution in [-0.2, 0) is 16.0 Å². The Labute approximate surface area is 134 Å². The summed E-state index contributed by atoms with van der Waals surface area (Å²) in [7, 11) is 0. The molecular weight excluding hydrogens is 311 g/mol. The lowest BCUT2D eigenvalue weighted by atomic mass is 9.99. The molecule has 1 aromatic carbocycles. The summed E-state index contributed by atoms with van der Waals surface area (Å²) in [6, 6.07) is 5.31. The topological polar surface area (TPSA) is 49.4 Å². The van der Waals surface area contributed by atoms with Crippen LogP contribution in [0.2, 0.25) is 10.0 Å². The zero-order valence-corrected chi connectivity index (χ0v) is 13.4. The minimum absolute atomic E-state index is 0.00120. The lowest BCUT2D eigenvalue weighted by Crippen LogP contribution is -2.38. The van der Waals surface area contributed by atoms with Crippen molar-refractivity contribution in [3.63, 3.8) is 0 Å². The van der Waals surface area contributed by atoms with Crippen molar-refractivity contribution < 1.29 is 9.59 Å². The molecule has 114 valence electrons. The van der Waals surface area contributed by atoms with E-state index in [2.05, 4.69) is 5.32 Å². The number of rotatable bonds is 3. The second-order valence-electron chi connectivity index (χ2n) is 5.27. The summed E-state index contributed by atoms with van der Waals surface area (Å²) in [5.41, 5.74) is 0.908. The Morgan fingerprint density at radius 1 is 1.38 bits per heavy atom. The third-order valence-corrected chi connectivity index (χ3v) is 4.17. The average Bonchev–Trinajstić information content (AvgIpc) is 2.66. The van der Waals surface area contributed by atoms with Crippen molar-refractivity contribution in [1.29, 1.82) is 0 Å². The quantitative estimate of drug-likeness (QED) is 0.926. The number of halogens is 2. The van der Waals surface area contributed by atoms with Gasteiger partial charge in [0.25, 0.3) is 0 Å². The van der Waals surface area contributed by atoms with E-state index in [1.54, 1.807) is 17.0 Å². The van der Waals surface area contributed by atoms with E-state index in [1.807, 2.05) is 13.0 Å². The predicted molar refractivity (Wildman–Crippen MR) is 83.5 cm³/mol. The summed E-state index contributed by atoms with van der Waals surface area (Å²) in [5, 5.41) is 3.93. The van der Waals surface area contributed by atoms with E-state index in [1.165, 1.54) is 0 Å². The molecule has 0 aliphatic carbocycles. The van der Waals surface area contributed by atoms with Gasteiger partial charge in [0.1, 0.15) is 0 Å². The molecule has 2 amide bonds. The fourth-order valence-electron chi connectivity index (χ4n) is 2.40. The molecule has 1 aromatic rings. The van der Waals surface area contributed by atoms with Crippen LogP contribution in [0.3, 0.4) is 0 Å². The summed E-state index contributed by atoms with van der Waals surface area (Å²) in [5.74, 6) is -0.131. The summed E-state index contributed by atoms with van der Waals surface area (Å²) in [4.78, 5) is 25.5. The van der Waals surface area contributed by atoms with Gasteiger partial charge in [-0.05, 0) is 24.1 Å². The molecule has 1 atom stereocenters. The molecule has 1 fully saturated rings. The van der Waals surface area contributed by atoms with Crippen LogP contribution in [0.4, 0.5) is 0 Å². The van der Waals surface area contributed by atoms with E-state index in [9.17, 15) is 9.59 Å². The Balaban J connectivity index is 2.00. The second-order valence-corrected chi connectivity index (χ2v) is 6.11. The Kier molecular flexibility index (Phi) is 5.48. The van der Waals surface area contributed by atoms with Crippen LogP contribution in [0.15, 0.2) is 18.2 Å². The van der Waals surface area contributed by atoms with Gasteiger partial charge in [0.05, 0.1) is 0 Å². The van der Waals surface area contributed by atoms with E-state index in [0.29, 0.717) is 42.5 Å². The largest absolute Gasteiger partial charge is 0.354 e. The molecule has 21 heavy (non-hydrogen) atoms. The van der Waals surface area contributed by atoms with Crippen molar-refractivity contribution in [3.8, 4) is 0 Å². The maximum atomic E-state index is 12.5. The van der Waals surface area contributed by atoms with Crippen molar-refractivity contribution in [2.45, 2.75) is 19.8 Å². The summed E-state index contributed by atoms with van der Waals surface area (Å²) >= 11 is 12.0. The zero-order chi connectivity index (χ0) is 15.4. The number of nitrogens with zero attached hydrogens (tertiary/aromatic N) is 1. The second kappa shape index (κ2) is 7.14. The minimum atomic E-state index is -0.183. The van der Waals surface area contributed by atoms with E-state index in [0.717, 1.165) is 5.56 Å². The summed E-state index contributed by atoms with van der Waals surface area (Å²) in [6.07, 6.45) is 0.923. The number of hydrogen-bond acceptors (Lipinski definition) is 2. The van der Waals surface area contributed by atoms with Crippen molar-refractivity contribution >= 4 is 35.0 Å². The van der Waals surface area contributed by atoms with Crippen LogP contribution >= 0.6 is 23.2 Å². The van der Waals surface area contributed by atoms with Crippen LogP contribution in [0.25, 0.3) is 0 Å². The molecule has 0 aromatic heterocycles. The van der Waals surface area contributed by atoms with Gasteiger partial charge in [0.2, 0.25) is 11.8 Å². The van der Waals surface area contributed by atoms with Crippen LogP contribution < -0.4 is 5.32 Å². The molecule has 1 saturated heterocycles. The Morgan fingerprint density at radius 2 is 2.14 bits per heavy atom. The molecule has 2 rings (SSSR count).